The van der Waals surface area contributed by atoms with Crippen molar-refractivity contribution in [1.29, 1.82) is 0 Å². The van der Waals surface area contributed by atoms with Crippen LogP contribution >= 0.6 is 11.3 Å². The van der Waals surface area contributed by atoms with Crippen molar-refractivity contribution < 1.29 is 4.74 Å². The molecule has 2 heterocycles. The maximum absolute atomic E-state index is 5.74. The molecule has 0 fully saturated rings. The highest BCUT2D eigenvalue weighted by molar-refractivity contribution is 7.22. The average Bonchev–Trinajstić information content (AvgIpc) is 3.07. The van der Waals surface area contributed by atoms with Crippen LogP contribution in [0.4, 0.5) is 5.13 Å². The minimum Gasteiger partial charge on any atom is -0.497 e. The van der Waals surface area contributed by atoms with E-state index in [0.29, 0.717) is 5.13 Å². The Morgan fingerprint density at radius 2 is 1.95 bits per heavy atom. The predicted molar refractivity (Wildman–Crippen MR) is 85.7 cm³/mol. The number of ether oxygens (including phenoxy) is 1. The second-order valence-corrected chi connectivity index (χ2v) is 5.77. The van der Waals surface area contributed by atoms with Gasteiger partial charge in [-0.05, 0) is 30.3 Å². The summed E-state index contributed by atoms with van der Waals surface area (Å²) in [6.07, 6.45) is 0. The Bertz CT molecular complexity index is 957. The van der Waals surface area contributed by atoms with Gasteiger partial charge in [0.2, 0.25) is 0 Å². The fourth-order valence-corrected chi connectivity index (χ4v) is 3.12. The average molecular weight is 296 g/mol. The van der Waals surface area contributed by atoms with Crippen LogP contribution in [-0.2, 0) is 0 Å². The highest BCUT2D eigenvalue weighted by Gasteiger charge is 2.08. The number of thiazole rings is 1. The third-order valence-corrected chi connectivity index (χ3v) is 4.21. The molecular weight excluding hydrogens is 284 g/mol. The molecule has 6 heteroatoms. The van der Waals surface area contributed by atoms with Crippen molar-refractivity contribution in [3.05, 3.63) is 36.4 Å². The first-order valence-corrected chi connectivity index (χ1v) is 7.25. The second-order valence-electron chi connectivity index (χ2n) is 4.70. The molecule has 0 spiro atoms. The van der Waals surface area contributed by atoms with Crippen LogP contribution in [0.25, 0.3) is 32.6 Å². The summed E-state index contributed by atoms with van der Waals surface area (Å²) in [6.45, 7) is 0. The molecule has 2 aromatic heterocycles. The number of aromatic nitrogens is 3. The van der Waals surface area contributed by atoms with E-state index in [9.17, 15) is 0 Å². The van der Waals surface area contributed by atoms with Crippen molar-refractivity contribution in [1.82, 2.24) is 15.0 Å². The maximum Gasteiger partial charge on any atom is 0.181 e. The zero-order chi connectivity index (χ0) is 14.4. The fraction of sp³-hybridized carbons (Fsp3) is 0.0667. The van der Waals surface area contributed by atoms with Gasteiger partial charge in [0.15, 0.2) is 5.13 Å². The molecule has 0 atom stereocenters. The van der Waals surface area contributed by atoms with Crippen molar-refractivity contribution in [3.8, 4) is 17.1 Å². The van der Waals surface area contributed by atoms with Gasteiger partial charge in [0, 0.05) is 11.6 Å². The van der Waals surface area contributed by atoms with E-state index in [2.05, 4.69) is 21.0 Å². The molecule has 2 aromatic carbocycles. The van der Waals surface area contributed by atoms with E-state index in [4.69, 9.17) is 10.5 Å². The third kappa shape index (κ3) is 2.00. The monoisotopic (exact) mass is 296 g/mol. The van der Waals surface area contributed by atoms with Gasteiger partial charge in [0.1, 0.15) is 11.6 Å². The third-order valence-electron chi connectivity index (χ3n) is 3.37. The number of anilines is 1. The Balaban J connectivity index is 1.86. The lowest BCUT2D eigenvalue weighted by Gasteiger charge is -1.97. The summed E-state index contributed by atoms with van der Waals surface area (Å²) in [6, 6.07) is 11.8. The van der Waals surface area contributed by atoms with Crippen LogP contribution in [0.3, 0.4) is 0 Å². The van der Waals surface area contributed by atoms with Gasteiger partial charge in [-0.25, -0.2) is 9.97 Å². The summed E-state index contributed by atoms with van der Waals surface area (Å²) < 4.78 is 6.29. The van der Waals surface area contributed by atoms with E-state index < -0.39 is 0 Å². The summed E-state index contributed by atoms with van der Waals surface area (Å²) in [4.78, 5) is 12.2. The van der Waals surface area contributed by atoms with E-state index in [1.165, 1.54) is 11.3 Å². The molecule has 0 aliphatic rings. The molecular formula is C15H12N4OS. The first kappa shape index (κ1) is 12.2. The number of rotatable bonds is 2. The summed E-state index contributed by atoms with van der Waals surface area (Å²) in [5, 5.41) is 0.580. The molecule has 0 aliphatic heterocycles. The summed E-state index contributed by atoms with van der Waals surface area (Å²) >= 11 is 1.48. The van der Waals surface area contributed by atoms with E-state index in [1.807, 2.05) is 30.3 Å². The zero-order valence-electron chi connectivity index (χ0n) is 11.3. The highest BCUT2D eigenvalue weighted by atomic mass is 32.1. The SMILES string of the molecule is COc1ccc2nc(-c3ccc4nc(N)sc4c3)[nH]c2c1. The minimum absolute atomic E-state index is 0.580. The smallest absolute Gasteiger partial charge is 0.181 e. The second kappa shape index (κ2) is 4.46. The lowest BCUT2D eigenvalue weighted by Crippen LogP contribution is -1.81. The van der Waals surface area contributed by atoms with Gasteiger partial charge >= 0.3 is 0 Å². The number of benzene rings is 2. The molecule has 3 N–H and O–H groups in total. The van der Waals surface area contributed by atoms with Crippen LogP contribution in [-0.4, -0.2) is 22.1 Å². The van der Waals surface area contributed by atoms with Crippen molar-refractivity contribution in [2.75, 3.05) is 12.8 Å². The molecule has 0 saturated heterocycles. The Morgan fingerprint density at radius 3 is 2.81 bits per heavy atom. The number of nitrogen functional groups attached to an aromatic ring is 1. The van der Waals surface area contributed by atoms with Crippen LogP contribution in [0.5, 0.6) is 5.75 Å². The first-order chi connectivity index (χ1) is 10.2. The lowest BCUT2D eigenvalue weighted by atomic mass is 10.2. The number of nitrogens with one attached hydrogen (secondary N) is 1. The van der Waals surface area contributed by atoms with Gasteiger partial charge in [-0.15, -0.1) is 0 Å². The normalized spacial score (nSPS) is 11.3. The summed E-state index contributed by atoms with van der Waals surface area (Å²) in [5.41, 5.74) is 9.54. The quantitative estimate of drug-likeness (QED) is 0.594. The van der Waals surface area contributed by atoms with Crippen LogP contribution in [0, 0.1) is 0 Å². The Morgan fingerprint density at radius 1 is 1.10 bits per heavy atom. The van der Waals surface area contributed by atoms with Crippen molar-refractivity contribution >= 4 is 37.7 Å². The highest BCUT2D eigenvalue weighted by Crippen LogP contribution is 2.29. The minimum atomic E-state index is 0.580. The standard InChI is InChI=1S/C15H12N4OS/c1-20-9-3-5-10-12(7-9)18-14(17-10)8-2-4-11-13(6-8)21-15(16)19-11/h2-7H,1H3,(H2,16,19)(H,17,18). The van der Waals surface area contributed by atoms with E-state index in [0.717, 1.165) is 38.4 Å². The number of H-pyrrole nitrogens is 1. The molecule has 0 amide bonds. The fourth-order valence-electron chi connectivity index (χ4n) is 2.34. The molecule has 5 nitrogen and oxygen atoms in total. The molecule has 0 aliphatic carbocycles. The summed E-state index contributed by atoms with van der Waals surface area (Å²) in [5.74, 6) is 1.63. The number of aromatic amines is 1. The zero-order valence-corrected chi connectivity index (χ0v) is 12.1. The van der Waals surface area contributed by atoms with E-state index in [1.54, 1.807) is 7.11 Å². The number of methoxy groups -OCH3 is 1. The number of imidazole rings is 1. The summed E-state index contributed by atoms with van der Waals surface area (Å²) in [7, 11) is 1.65. The van der Waals surface area contributed by atoms with Crippen LogP contribution in [0.1, 0.15) is 0 Å². The number of nitrogens with two attached hydrogens (primary N) is 1. The van der Waals surface area contributed by atoms with Crippen LogP contribution in [0.2, 0.25) is 0 Å². The van der Waals surface area contributed by atoms with Crippen molar-refractivity contribution in [3.63, 3.8) is 0 Å². The van der Waals surface area contributed by atoms with Crippen LogP contribution < -0.4 is 10.5 Å². The van der Waals surface area contributed by atoms with Gasteiger partial charge in [0.05, 0.1) is 28.4 Å². The molecule has 0 bridgehead atoms. The number of fused-ring (bicyclic) bond motifs is 2. The van der Waals surface area contributed by atoms with Gasteiger partial charge in [0.25, 0.3) is 0 Å². The van der Waals surface area contributed by atoms with Crippen molar-refractivity contribution in [2.24, 2.45) is 0 Å². The Hall–Kier alpha value is -2.60. The van der Waals surface area contributed by atoms with E-state index in [-0.39, 0.29) is 0 Å². The topological polar surface area (TPSA) is 76.8 Å². The number of nitrogens with zero attached hydrogens (tertiary/aromatic N) is 2. The maximum atomic E-state index is 5.74. The number of hydrogen-bond acceptors (Lipinski definition) is 5. The molecule has 4 rings (SSSR count). The molecule has 0 saturated carbocycles. The molecule has 21 heavy (non-hydrogen) atoms. The van der Waals surface area contributed by atoms with Crippen LogP contribution in [0.15, 0.2) is 36.4 Å². The van der Waals surface area contributed by atoms with E-state index >= 15 is 0 Å². The number of hydrogen-bond donors (Lipinski definition) is 2. The Kier molecular flexibility index (Phi) is 2.58. The Labute approximate surface area is 124 Å². The van der Waals surface area contributed by atoms with Gasteiger partial charge in [-0.1, -0.05) is 11.3 Å². The van der Waals surface area contributed by atoms with Gasteiger partial charge < -0.3 is 15.5 Å². The van der Waals surface area contributed by atoms with Crippen molar-refractivity contribution in [2.45, 2.75) is 0 Å². The van der Waals surface area contributed by atoms with Gasteiger partial charge in [-0.3, -0.25) is 0 Å². The predicted octanol–water partition coefficient (Wildman–Crippen LogP) is 3.43. The lowest BCUT2D eigenvalue weighted by molar-refractivity contribution is 0.415. The molecule has 0 unspecified atom stereocenters. The van der Waals surface area contributed by atoms with Gasteiger partial charge in [-0.2, -0.15) is 0 Å². The largest absolute Gasteiger partial charge is 0.497 e. The molecule has 0 radical (unpaired) electrons. The molecule has 4 aromatic rings. The first-order valence-electron chi connectivity index (χ1n) is 6.43. The molecule has 104 valence electrons.